The quantitative estimate of drug-likeness (QED) is 0.226. The monoisotopic (exact) mass is 511 g/mol. The molecule has 0 radical (unpaired) electrons. The third-order valence-electron chi connectivity index (χ3n) is 5.03. The van der Waals surface area contributed by atoms with E-state index in [-0.39, 0.29) is 23.9 Å². The zero-order valence-corrected chi connectivity index (χ0v) is 20.8. The Balaban J connectivity index is 0.000000276. The number of rotatable bonds is 4. The SMILES string of the molecule is Cc1ccc(C(=O)O)cc1.Cc1ccc(C(=O)O)cc1.Cl.NCCc1ccc2cc(O)c(O)cc2c1. The van der Waals surface area contributed by atoms with Gasteiger partial charge in [0.05, 0.1) is 11.1 Å². The lowest BCUT2D eigenvalue weighted by Crippen LogP contribution is -2.02. The number of fused-ring (bicyclic) bond motifs is 1. The predicted octanol–water partition coefficient (Wildman–Crippen LogP) is 5.56. The maximum atomic E-state index is 10.3. The summed E-state index contributed by atoms with van der Waals surface area (Å²) in [7, 11) is 0. The minimum atomic E-state index is -0.875. The Labute approximate surface area is 215 Å². The highest BCUT2D eigenvalue weighted by molar-refractivity contribution is 5.88. The van der Waals surface area contributed by atoms with Gasteiger partial charge >= 0.3 is 11.9 Å². The first-order valence-corrected chi connectivity index (χ1v) is 10.8. The van der Waals surface area contributed by atoms with Crippen molar-refractivity contribution in [1.82, 2.24) is 0 Å². The molecule has 4 rings (SSSR count). The average Bonchev–Trinajstić information content (AvgIpc) is 2.82. The number of aromatic hydroxyl groups is 2. The van der Waals surface area contributed by atoms with Crippen molar-refractivity contribution >= 4 is 35.1 Å². The van der Waals surface area contributed by atoms with Gasteiger partial charge in [0.25, 0.3) is 0 Å². The Morgan fingerprint density at radius 3 is 1.47 bits per heavy atom. The van der Waals surface area contributed by atoms with Gasteiger partial charge < -0.3 is 26.2 Å². The molecular formula is C28H30ClNO6. The van der Waals surface area contributed by atoms with Gasteiger partial charge in [-0.25, -0.2) is 9.59 Å². The lowest BCUT2D eigenvalue weighted by molar-refractivity contribution is 0.0686. The molecule has 0 heterocycles. The van der Waals surface area contributed by atoms with Gasteiger partial charge in [-0.05, 0) is 79.5 Å². The van der Waals surface area contributed by atoms with E-state index >= 15 is 0 Å². The Morgan fingerprint density at radius 2 is 1.08 bits per heavy atom. The molecule has 0 atom stereocenters. The van der Waals surface area contributed by atoms with Crippen LogP contribution in [0.1, 0.15) is 37.4 Å². The molecule has 0 aliphatic rings. The third-order valence-corrected chi connectivity index (χ3v) is 5.03. The molecule has 36 heavy (non-hydrogen) atoms. The molecule has 0 amide bonds. The van der Waals surface area contributed by atoms with Gasteiger partial charge in [0.1, 0.15) is 0 Å². The van der Waals surface area contributed by atoms with Crippen LogP contribution >= 0.6 is 12.4 Å². The molecule has 0 spiro atoms. The molecule has 0 unspecified atom stereocenters. The van der Waals surface area contributed by atoms with Crippen LogP contribution in [0.5, 0.6) is 11.5 Å². The number of phenolic OH excluding ortho intramolecular Hbond substituents is 2. The lowest BCUT2D eigenvalue weighted by atomic mass is 10.0. The van der Waals surface area contributed by atoms with Crippen molar-refractivity contribution in [3.8, 4) is 11.5 Å². The molecule has 0 aromatic heterocycles. The Kier molecular flexibility index (Phi) is 11.9. The van der Waals surface area contributed by atoms with Gasteiger partial charge in [-0.3, -0.25) is 0 Å². The van der Waals surface area contributed by atoms with Crippen molar-refractivity contribution in [3.63, 3.8) is 0 Å². The van der Waals surface area contributed by atoms with Crippen molar-refractivity contribution in [2.24, 2.45) is 5.73 Å². The first kappa shape index (κ1) is 30.0. The number of aromatic carboxylic acids is 2. The lowest BCUT2D eigenvalue weighted by Gasteiger charge is -2.04. The molecule has 4 aromatic rings. The first-order chi connectivity index (χ1) is 16.6. The summed E-state index contributed by atoms with van der Waals surface area (Å²) in [5.41, 5.74) is 9.43. The predicted molar refractivity (Wildman–Crippen MR) is 144 cm³/mol. The fourth-order valence-electron chi connectivity index (χ4n) is 3.04. The second-order valence-corrected chi connectivity index (χ2v) is 7.90. The number of halogens is 1. The van der Waals surface area contributed by atoms with E-state index in [9.17, 15) is 19.8 Å². The van der Waals surface area contributed by atoms with Crippen molar-refractivity contribution in [3.05, 3.63) is 107 Å². The maximum Gasteiger partial charge on any atom is 0.335 e. The molecule has 0 aliphatic heterocycles. The smallest absolute Gasteiger partial charge is 0.335 e. The first-order valence-electron chi connectivity index (χ1n) is 10.8. The number of carboxylic acid groups (broad SMARTS) is 2. The van der Waals surface area contributed by atoms with Gasteiger partial charge in [-0.1, -0.05) is 53.6 Å². The average molecular weight is 512 g/mol. The van der Waals surface area contributed by atoms with Gasteiger partial charge in [0.15, 0.2) is 11.5 Å². The summed E-state index contributed by atoms with van der Waals surface area (Å²) in [6, 6.07) is 22.5. The van der Waals surface area contributed by atoms with E-state index in [0.717, 1.165) is 33.9 Å². The number of nitrogens with two attached hydrogens (primary N) is 1. The second kappa shape index (κ2) is 14.4. The largest absolute Gasteiger partial charge is 0.504 e. The van der Waals surface area contributed by atoms with E-state index in [4.69, 9.17) is 15.9 Å². The van der Waals surface area contributed by atoms with Crippen LogP contribution in [-0.2, 0) is 6.42 Å². The van der Waals surface area contributed by atoms with E-state index in [1.54, 1.807) is 60.7 Å². The summed E-state index contributed by atoms with van der Waals surface area (Å²) >= 11 is 0. The van der Waals surface area contributed by atoms with Crippen molar-refractivity contribution in [1.29, 1.82) is 0 Å². The van der Waals surface area contributed by atoms with Crippen LogP contribution in [0.15, 0.2) is 78.9 Å². The van der Waals surface area contributed by atoms with E-state index < -0.39 is 11.9 Å². The summed E-state index contributed by atoms with van der Waals surface area (Å²) in [4.78, 5) is 20.6. The minimum absolute atomic E-state index is 0. The van der Waals surface area contributed by atoms with Gasteiger partial charge in [-0.15, -0.1) is 12.4 Å². The summed E-state index contributed by atoms with van der Waals surface area (Å²) in [5.74, 6) is -1.93. The molecule has 190 valence electrons. The molecule has 0 bridgehead atoms. The molecule has 7 nitrogen and oxygen atoms in total. The highest BCUT2D eigenvalue weighted by Gasteiger charge is 2.03. The summed E-state index contributed by atoms with van der Waals surface area (Å²) in [6.45, 7) is 4.45. The van der Waals surface area contributed by atoms with Crippen molar-refractivity contribution in [2.45, 2.75) is 20.3 Å². The molecule has 0 aliphatic carbocycles. The molecule has 0 fully saturated rings. The maximum absolute atomic E-state index is 10.3. The van der Waals surface area contributed by atoms with E-state index in [2.05, 4.69) is 0 Å². The highest BCUT2D eigenvalue weighted by Crippen LogP contribution is 2.30. The number of phenols is 2. The molecule has 4 aromatic carbocycles. The molecule has 6 N–H and O–H groups in total. The summed E-state index contributed by atoms with van der Waals surface area (Å²) in [5, 5.41) is 37.5. The number of aryl methyl sites for hydroxylation is 2. The normalized spacial score (nSPS) is 9.64. The van der Waals surface area contributed by atoms with Crippen LogP contribution in [0.3, 0.4) is 0 Å². The van der Waals surface area contributed by atoms with Gasteiger partial charge in [0.2, 0.25) is 0 Å². The third kappa shape index (κ3) is 9.29. The fraction of sp³-hybridized carbons (Fsp3) is 0.143. The Hall–Kier alpha value is -4.07. The second-order valence-electron chi connectivity index (χ2n) is 7.90. The van der Waals surface area contributed by atoms with Crippen LogP contribution in [0.2, 0.25) is 0 Å². The van der Waals surface area contributed by atoms with Crippen LogP contribution in [-0.4, -0.2) is 38.9 Å². The minimum Gasteiger partial charge on any atom is -0.504 e. The van der Waals surface area contributed by atoms with Crippen molar-refractivity contribution in [2.75, 3.05) is 6.54 Å². The summed E-state index contributed by atoms with van der Waals surface area (Å²) < 4.78 is 0. The Bertz CT molecular complexity index is 1230. The topological polar surface area (TPSA) is 141 Å². The van der Waals surface area contributed by atoms with Crippen LogP contribution in [0.25, 0.3) is 10.8 Å². The van der Waals surface area contributed by atoms with Crippen LogP contribution in [0, 0.1) is 13.8 Å². The number of benzene rings is 4. The van der Waals surface area contributed by atoms with Crippen LogP contribution < -0.4 is 5.73 Å². The standard InChI is InChI=1S/C12H13NO2.2C8H8O2.ClH/c13-4-3-8-1-2-9-6-11(14)12(15)7-10(9)5-8;2*1-6-2-4-7(5-3-6)8(9)10;/h1-2,5-7,14-15H,3-4,13H2;2*2-5H,1H3,(H,9,10);1H. The van der Waals surface area contributed by atoms with Gasteiger partial charge in [0, 0.05) is 0 Å². The number of hydrogen-bond acceptors (Lipinski definition) is 5. The fourth-order valence-corrected chi connectivity index (χ4v) is 3.04. The summed E-state index contributed by atoms with van der Waals surface area (Å²) in [6.07, 6.45) is 0.817. The molecule has 8 heteroatoms. The number of carbonyl (C=O) groups is 2. The molecule has 0 saturated heterocycles. The van der Waals surface area contributed by atoms with Crippen molar-refractivity contribution < 1.29 is 30.0 Å². The van der Waals surface area contributed by atoms with E-state index in [1.165, 1.54) is 0 Å². The highest BCUT2D eigenvalue weighted by atomic mass is 35.5. The zero-order valence-electron chi connectivity index (χ0n) is 20.0. The van der Waals surface area contributed by atoms with Crippen LogP contribution in [0.4, 0.5) is 0 Å². The molecular weight excluding hydrogens is 482 g/mol. The Morgan fingerprint density at radius 1 is 0.667 bits per heavy atom. The number of carboxylic acids is 2. The number of hydrogen-bond donors (Lipinski definition) is 5. The van der Waals surface area contributed by atoms with Gasteiger partial charge in [-0.2, -0.15) is 0 Å². The zero-order chi connectivity index (χ0) is 26.0. The van der Waals surface area contributed by atoms with E-state index in [1.807, 2.05) is 32.0 Å². The van der Waals surface area contributed by atoms with E-state index in [0.29, 0.717) is 17.7 Å². The molecule has 0 saturated carbocycles.